The predicted octanol–water partition coefficient (Wildman–Crippen LogP) is 6.12. The third kappa shape index (κ3) is 4.20. The summed E-state index contributed by atoms with van der Waals surface area (Å²) in [4.78, 5) is 24.2. The van der Waals surface area contributed by atoms with Crippen LogP contribution in [0, 0.1) is 20.8 Å². The van der Waals surface area contributed by atoms with Crippen LogP contribution in [0.4, 0.5) is 5.69 Å². The van der Waals surface area contributed by atoms with Crippen molar-refractivity contribution in [1.29, 1.82) is 0 Å². The second-order valence-electron chi connectivity index (χ2n) is 7.16. The predicted molar refractivity (Wildman–Crippen MR) is 115 cm³/mol. The van der Waals surface area contributed by atoms with Gasteiger partial charge in [-0.3, -0.25) is 9.59 Å². The highest BCUT2D eigenvalue weighted by Gasteiger charge is 2.10. The van der Waals surface area contributed by atoms with Crippen LogP contribution in [0.5, 0.6) is 0 Å². The SMILES string of the molecule is CCC(=O)c1ccc(C(=O)Nc2ccc(-c3ccc(C)cc3C)c(C)c2)cc1. The van der Waals surface area contributed by atoms with Gasteiger partial charge in [-0.05, 0) is 67.3 Å². The van der Waals surface area contributed by atoms with E-state index in [1.807, 2.05) is 25.1 Å². The zero-order valence-electron chi connectivity index (χ0n) is 16.8. The van der Waals surface area contributed by atoms with E-state index in [0.29, 0.717) is 17.5 Å². The van der Waals surface area contributed by atoms with Crippen LogP contribution in [0.3, 0.4) is 0 Å². The second-order valence-corrected chi connectivity index (χ2v) is 7.16. The standard InChI is InChI=1S/C25H25NO2/c1-5-24(27)19-7-9-20(10-8-19)25(28)26-21-11-13-23(18(4)15-21)22-12-6-16(2)14-17(22)3/h6-15H,5H2,1-4H3,(H,26,28). The van der Waals surface area contributed by atoms with Crippen molar-refractivity contribution >= 4 is 17.4 Å². The fourth-order valence-corrected chi connectivity index (χ4v) is 3.37. The molecular weight excluding hydrogens is 346 g/mol. The molecule has 0 aliphatic heterocycles. The molecule has 3 aromatic carbocycles. The molecule has 3 heteroatoms. The van der Waals surface area contributed by atoms with Crippen LogP contribution in [0.15, 0.2) is 60.7 Å². The third-order valence-electron chi connectivity index (χ3n) is 4.95. The fourth-order valence-electron chi connectivity index (χ4n) is 3.37. The summed E-state index contributed by atoms with van der Waals surface area (Å²) in [5, 5.41) is 2.94. The van der Waals surface area contributed by atoms with Gasteiger partial charge in [0.1, 0.15) is 0 Å². The molecule has 0 unspecified atom stereocenters. The molecule has 0 spiro atoms. The highest BCUT2D eigenvalue weighted by atomic mass is 16.1. The Morgan fingerprint density at radius 1 is 0.750 bits per heavy atom. The van der Waals surface area contributed by atoms with Crippen molar-refractivity contribution in [2.24, 2.45) is 0 Å². The maximum atomic E-state index is 12.5. The van der Waals surface area contributed by atoms with Crippen molar-refractivity contribution in [3.05, 3.63) is 88.5 Å². The number of benzene rings is 3. The minimum atomic E-state index is -0.186. The van der Waals surface area contributed by atoms with E-state index in [4.69, 9.17) is 0 Å². The van der Waals surface area contributed by atoms with Gasteiger partial charge in [0.2, 0.25) is 0 Å². The number of hydrogen-bond donors (Lipinski definition) is 1. The average Bonchev–Trinajstić information content (AvgIpc) is 2.68. The Morgan fingerprint density at radius 3 is 1.89 bits per heavy atom. The number of nitrogens with one attached hydrogen (secondary N) is 1. The summed E-state index contributed by atoms with van der Waals surface area (Å²) < 4.78 is 0. The zero-order chi connectivity index (χ0) is 20.3. The quantitative estimate of drug-likeness (QED) is 0.549. The smallest absolute Gasteiger partial charge is 0.255 e. The first kappa shape index (κ1) is 19.6. The first-order chi connectivity index (χ1) is 13.4. The van der Waals surface area contributed by atoms with Gasteiger partial charge in [-0.15, -0.1) is 0 Å². The number of anilines is 1. The molecule has 0 heterocycles. The van der Waals surface area contributed by atoms with Gasteiger partial charge in [0.15, 0.2) is 5.78 Å². The molecule has 0 fully saturated rings. The average molecular weight is 371 g/mol. The number of carbonyl (C=O) groups is 2. The van der Waals surface area contributed by atoms with Crippen molar-refractivity contribution in [2.45, 2.75) is 34.1 Å². The lowest BCUT2D eigenvalue weighted by Gasteiger charge is -2.13. The Balaban J connectivity index is 1.79. The first-order valence-corrected chi connectivity index (χ1v) is 9.52. The molecule has 0 radical (unpaired) electrons. The van der Waals surface area contributed by atoms with Crippen LogP contribution in [0.1, 0.15) is 50.8 Å². The fraction of sp³-hybridized carbons (Fsp3) is 0.200. The van der Waals surface area contributed by atoms with Crippen LogP contribution in [0.25, 0.3) is 11.1 Å². The summed E-state index contributed by atoms with van der Waals surface area (Å²) in [5.41, 5.74) is 7.88. The topological polar surface area (TPSA) is 46.2 Å². The van der Waals surface area contributed by atoms with Crippen molar-refractivity contribution in [2.75, 3.05) is 5.32 Å². The Morgan fingerprint density at radius 2 is 1.32 bits per heavy atom. The number of aryl methyl sites for hydroxylation is 3. The van der Waals surface area contributed by atoms with Crippen molar-refractivity contribution in [3.63, 3.8) is 0 Å². The summed E-state index contributed by atoms with van der Waals surface area (Å²) in [7, 11) is 0. The van der Waals surface area contributed by atoms with Crippen molar-refractivity contribution < 1.29 is 9.59 Å². The number of amides is 1. The molecule has 3 rings (SSSR count). The third-order valence-corrected chi connectivity index (χ3v) is 4.95. The Labute approximate surface area is 166 Å². The van der Waals surface area contributed by atoms with E-state index in [1.165, 1.54) is 16.7 Å². The Hall–Kier alpha value is -3.20. The molecule has 0 bridgehead atoms. The maximum absolute atomic E-state index is 12.5. The first-order valence-electron chi connectivity index (χ1n) is 9.52. The van der Waals surface area contributed by atoms with Crippen LogP contribution < -0.4 is 5.32 Å². The lowest BCUT2D eigenvalue weighted by Crippen LogP contribution is -2.12. The van der Waals surface area contributed by atoms with Gasteiger partial charge in [-0.1, -0.05) is 48.9 Å². The summed E-state index contributed by atoms with van der Waals surface area (Å²) in [6, 6.07) is 19.2. The number of hydrogen-bond acceptors (Lipinski definition) is 2. The van der Waals surface area contributed by atoms with Gasteiger partial charge in [0, 0.05) is 23.2 Å². The molecule has 142 valence electrons. The van der Waals surface area contributed by atoms with Gasteiger partial charge in [0.05, 0.1) is 0 Å². The summed E-state index contributed by atoms with van der Waals surface area (Å²) in [5.74, 6) is -0.112. The van der Waals surface area contributed by atoms with E-state index in [1.54, 1.807) is 24.3 Å². The second kappa shape index (κ2) is 8.22. The van der Waals surface area contributed by atoms with E-state index < -0.39 is 0 Å². The van der Waals surface area contributed by atoms with E-state index in [0.717, 1.165) is 16.8 Å². The molecule has 3 nitrogen and oxygen atoms in total. The van der Waals surface area contributed by atoms with E-state index >= 15 is 0 Å². The Bertz CT molecular complexity index is 1030. The lowest BCUT2D eigenvalue weighted by molar-refractivity contribution is 0.0984. The monoisotopic (exact) mass is 371 g/mol. The van der Waals surface area contributed by atoms with Gasteiger partial charge in [-0.25, -0.2) is 0 Å². The molecule has 0 aliphatic rings. The number of rotatable bonds is 5. The molecule has 28 heavy (non-hydrogen) atoms. The van der Waals surface area contributed by atoms with Crippen LogP contribution in [0.2, 0.25) is 0 Å². The largest absolute Gasteiger partial charge is 0.322 e. The molecule has 1 N–H and O–H groups in total. The molecule has 0 aromatic heterocycles. The highest BCUT2D eigenvalue weighted by molar-refractivity contribution is 6.05. The molecule has 1 amide bonds. The van der Waals surface area contributed by atoms with Crippen LogP contribution in [-0.4, -0.2) is 11.7 Å². The van der Waals surface area contributed by atoms with Gasteiger partial charge < -0.3 is 5.32 Å². The number of ketones is 1. The van der Waals surface area contributed by atoms with Gasteiger partial charge in [-0.2, -0.15) is 0 Å². The normalized spacial score (nSPS) is 10.6. The van der Waals surface area contributed by atoms with Crippen LogP contribution in [-0.2, 0) is 0 Å². The molecule has 0 aliphatic carbocycles. The molecular formula is C25H25NO2. The van der Waals surface area contributed by atoms with E-state index in [9.17, 15) is 9.59 Å². The van der Waals surface area contributed by atoms with Gasteiger partial charge in [0.25, 0.3) is 5.91 Å². The molecule has 0 atom stereocenters. The minimum Gasteiger partial charge on any atom is -0.322 e. The van der Waals surface area contributed by atoms with Crippen molar-refractivity contribution in [1.82, 2.24) is 0 Å². The van der Waals surface area contributed by atoms with E-state index in [2.05, 4.69) is 44.3 Å². The Kier molecular flexibility index (Phi) is 5.74. The van der Waals surface area contributed by atoms with Crippen molar-refractivity contribution in [3.8, 4) is 11.1 Å². The maximum Gasteiger partial charge on any atom is 0.255 e. The summed E-state index contributed by atoms with van der Waals surface area (Å²) in [6.07, 6.45) is 0.456. The molecule has 0 saturated heterocycles. The van der Waals surface area contributed by atoms with Gasteiger partial charge >= 0.3 is 0 Å². The lowest BCUT2D eigenvalue weighted by atomic mass is 9.95. The van der Waals surface area contributed by atoms with Crippen LogP contribution >= 0.6 is 0 Å². The molecule has 3 aromatic rings. The molecule has 0 saturated carbocycles. The highest BCUT2D eigenvalue weighted by Crippen LogP contribution is 2.29. The number of Topliss-reactive ketones (excluding diaryl/α,β-unsaturated/α-hetero) is 1. The summed E-state index contributed by atoms with van der Waals surface area (Å²) in [6.45, 7) is 8.08. The number of carbonyl (C=O) groups excluding carboxylic acids is 2. The van der Waals surface area contributed by atoms with E-state index in [-0.39, 0.29) is 11.7 Å². The zero-order valence-corrected chi connectivity index (χ0v) is 16.8. The minimum absolute atomic E-state index is 0.0737. The summed E-state index contributed by atoms with van der Waals surface area (Å²) >= 11 is 0.